The highest BCUT2D eigenvalue weighted by molar-refractivity contribution is 5.87. The maximum absolute atomic E-state index is 10.8. The van der Waals surface area contributed by atoms with Gasteiger partial charge in [-0.2, -0.15) is 0 Å². The fourth-order valence-electron chi connectivity index (χ4n) is 1.82. The number of carboxylic acid groups (broad SMARTS) is 1. The van der Waals surface area contributed by atoms with Gasteiger partial charge in [-0.15, -0.1) is 12.4 Å². The molecule has 0 atom stereocenters. The summed E-state index contributed by atoms with van der Waals surface area (Å²) in [5.41, 5.74) is 1.40. The number of aromatic carboxylic acids is 1. The van der Waals surface area contributed by atoms with Crippen LogP contribution in [0.1, 0.15) is 15.9 Å². The van der Waals surface area contributed by atoms with E-state index in [4.69, 9.17) is 9.84 Å². The van der Waals surface area contributed by atoms with Gasteiger partial charge in [-0.1, -0.05) is 12.1 Å². The maximum Gasteiger partial charge on any atom is 0.335 e. The number of nitrogens with zero attached hydrogens (tertiary/aromatic N) is 1. The molecule has 1 saturated heterocycles. The first-order valence-electron chi connectivity index (χ1n) is 5.38. The lowest BCUT2D eigenvalue weighted by Gasteiger charge is -2.26. The van der Waals surface area contributed by atoms with Crippen LogP contribution >= 0.6 is 12.4 Å². The van der Waals surface area contributed by atoms with E-state index in [-0.39, 0.29) is 12.4 Å². The second-order valence-electron chi connectivity index (χ2n) is 3.89. The Morgan fingerprint density at radius 3 is 2.71 bits per heavy atom. The molecule has 1 heterocycles. The van der Waals surface area contributed by atoms with Crippen molar-refractivity contribution >= 4 is 18.4 Å². The largest absolute Gasteiger partial charge is 0.478 e. The van der Waals surface area contributed by atoms with Crippen molar-refractivity contribution in [3.8, 4) is 0 Å². The number of halogens is 1. The Morgan fingerprint density at radius 1 is 1.35 bits per heavy atom. The monoisotopic (exact) mass is 257 g/mol. The van der Waals surface area contributed by atoms with Crippen LogP contribution in [0.15, 0.2) is 24.3 Å². The topological polar surface area (TPSA) is 49.8 Å². The molecule has 0 aliphatic carbocycles. The van der Waals surface area contributed by atoms with Gasteiger partial charge in [0.15, 0.2) is 0 Å². The first-order valence-corrected chi connectivity index (χ1v) is 5.38. The molecule has 0 amide bonds. The molecule has 0 unspecified atom stereocenters. The van der Waals surface area contributed by atoms with Gasteiger partial charge in [-0.05, 0) is 17.7 Å². The Bertz CT molecular complexity index is 378. The molecular weight excluding hydrogens is 242 g/mol. The van der Waals surface area contributed by atoms with E-state index in [1.54, 1.807) is 18.2 Å². The summed E-state index contributed by atoms with van der Waals surface area (Å²) in [4.78, 5) is 13.1. The average Bonchev–Trinajstić information content (AvgIpc) is 2.30. The van der Waals surface area contributed by atoms with Gasteiger partial charge in [-0.3, -0.25) is 4.90 Å². The first-order chi connectivity index (χ1) is 7.75. The van der Waals surface area contributed by atoms with Crippen molar-refractivity contribution in [2.45, 2.75) is 6.54 Å². The van der Waals surface area contributed by atoms with Gasteiger partial charge >= 0.3 is 5.97 Å². The molecule has 4 nitrogen and oxygen atoms in total. The van der Waals surface area contributed by atoms with Crippen LogP contribution < -0.4 is 0 Å². The van der Waals surface area contributed by atoms with Crippen LogP contribution in [0.3, 0.4) is 0 Å². The number of rotatable bonds is 3. The Balaban J connectivity index is 0.00000144. The Labute approximate surface area is 107 Å². The molecule has 0 radical (unpaired) electrons. The molecule has 94 valence electrons. The van der Waals surface area contributed by atoms with Gasteiger partial charge in [0, 0.05) is 19.6 Å². The third-order valence-corrected chi connectivity index (χ3v) is 2.68. The molecule has 0 spiro atoms. The molecule has 1 aliphatic rings. The fourth-order valence-corrected chi connectivity index (χ4v) is 1.82. The first kappa shape index (κ1) is 14.0. The third kappa shape index (κ3) is 4.00. The highest BCUT2D eigenvalue weighted by atomic mass is 35.5. The molecule has 0 aromatic heterocycles. The van der Waals surface area contributed by atoms with Gasteiger partial charge in [0.1, 0.15) is 0 Å². The van der Waals surface area contributed by atoms with Crippen LogP contribution in [0.5, 0.6) is 0 Å². The van der Waals surface area contributed by atoms with Crippen LogP contribution in [0.25, 0.3) is 0 Å². The van der Waals surface area contributed by atoms with Crippen molar-refractivity contribution in [3.63, 3.8) is 0 Å². The van der Waals surface area contributed by atoms with Gasteiger partial charge in [-0.25, -0.2) is 4.79 Å². The SMILES string of the molecule is Cl.O=C(O)c1cccc(CN2CCOCC2)c1. The molecule has 1 N–H and O–H groups in total. The summed E-state index contributed by atoms with van der Waals surface area (Å²) in [5.74, 6) is -0.871. The van der Waals surface area contributed by atoms with Gasteiger partial charge in [0.2, 0.25) is 0 Å². The van der Waals surface area contributed by atoms with Crippen molar-refractivity contribution < 1.29 is 14.6 Å². The summed E-state index contributed by atoms with van der Waals surface area (Å²) in [6.45, 7) is 4.15. The fraction of sp³-hybridized carbons (Fsp3) is 0.417. The number of benzene rings is 1. The predicted molar refractivity (Wildman–Crippen MR) is 66.7 cm³/mol. The van der Waals surface area contributed by atoms with Crippen molar-refractivity contribution in [1.82, 2.24) is 4.90 Å². The van der Waals surface area contributed by atoms with Crippen LogP contribution in [0.4, 0.5) is 0 Å². The van der Waals surface area contributed by atoms with E-state index in [0.29, 0.717) is 5.56 Å². The van der Waals surface area contributed by atoms with Gasteiger partial charge in [0.05, 0.1) is 18.8 Å². The number of hydrogen-bond acceptors (Lipinski definition) is 3. The second-order valence-corrected chi connectivity index (χ2v) is 3.89. The third-order valence-electron chi connectivity index (χ3n) is 2.68. The number of hydrogen-bond donors (Lipinski definition) is 1. The minimum Gasteiger partial charge on any atom is -0.478 e. The van der Waals surface area contributed by atoms with Crippen LogP contribution in [0, 0.1) is 0 Å². The molecule has 1 aromatic carbocycles. The highest BCUT2D eigenvalue weighted by Gasteiger charge is 2.11. The van der Waals surface area contributed by atoms with Gasteiger partial charge in [0.25, 0.3) is 0 Å². The summed E-state index contributed by atoms with van der Waals surface area (Å²) in [7, 11) is 0. The summed E-state index contributed by atoms with van der Waals surface area (Å²) in [5, 5.41) is 8.88. The second kappa shape index (κ2) is 6.59. The standard InChI is InChI=1S/C12H15NO3.ClH/c14-12(15)11-3-1-2-10(8-11)9-13-4-6-16-7-5-13;/h1-3,8H,4-7,9H2,(H,14,15);1H. The van der Waals surface area contributed by atoms with E-state index in [2.05, 4.69) is 4.90 Å². The number of ether oxygens (including phenoxy) is 1. The van der Waals surface area contributed by atoms with E-state index in [1.165, 1.54) is 0 Å². The van der Waals surface area contributed by atoms with E-state index < -0.39 is 5.97 Å². The van der Waals surface area contributed by atoms with Crippen molar-refractivity contribution in [3.05, 3.63) is 35.4 Å². The number of morpholine rings is 1. The number of carboxylic acids is 1. The van der Waals surface area contributed by atoms with Crippen molar-refractivity contribution in [2.75, 3.05) is 26.3 Å². The lowest BCUT2D eigenvalue weighted by molar-refractivity contribution is 0.0341. The molecule has 1 fully saturated rings. The minimum atomic E-state index is -0.871. The van der Waals surface area contributed by atoms with Crippen LogP contribution in [-0.4, -0.2) is 42.3 Å². The van der Waals surface area contributed by atoms with E-state index in [1.807, 2.05) is 6.07 Å². The van der Waals surface area contributed by atoms with E-state index in [9.17, 15) is 4.79 Å². The summed E-state index contributed by atoms with van der Waals surface area (Å²) in [6.07, 6.45) is 0. The molecule has 1 aromatic rings. The molecule has 0 bridgehead atoms. The zero-order valence-corrected chi connectivity index (χ0v) is 10.3. The smallest absolute Gasteiger partial charge is 0.335 e. The van der Waals surface area contributed by atoms with E-state index in [0.717, 1.165) is 38.4 Å². The van der Waals surface area contributed by atoms with E-state index >= 15 is 0 Å². The summed E-state index contributed by atoms with van der Waals surface area (Å²) >= 11 is 0. The molecule has 17 heavy (non-hydrogen) atoms. The molecule has 0 saturated carbocycles. The van der Waals surface area contributed by atoms with Crippen LogP contribution in [0.2, 0.25) is 0 Å². The average molecular weight is 258 g/mol. The minimum absolute atomic E-state index is 0. The zero-order valence-electron chi connectivity index (χ0n) is 9.46. The summed E-state index contributed by atoms with van der Waals surface area (Å²) in [6, 6.07) is 7.10. The maximum atomic E-state index is 10.8. The Kier molecular flexibility index (Phi) is 5.41. The summed E-state index contributed by atoms with van der Waals surface area (Å²) < 4.78 is 5.26. The highest BCUT2D eigenvalue weighted by Crippen LogP contribution is 2.09. The Hall–Kier alpha value is -1.10. The van der Waals surface area contributed by atoms with Crippen molar-refractivity contribution in [2.24, 2.45) is 0 Å². The lowest BCUT2D eigenvalue weighted by Crippen LogP contribution is -2.35. The lowest BCUT2D eigenvalue weighted by atomic mass is 10.1. The predicted octanol–water partition coefficient (Wildman–Crippen LogP) is 1.64. The quantitative estimate of drug-likeness (QED) is 0.894. The molecule has 2 rings (SSSR count). The number of carbonyl (C=O) groups is 1. The normalized spacial score (nSPS) is 16.2. The molecule has 1 aliphatic heterocycles. The van der Waals surface area contributed by atoms with Gasteiger partial charge < -0.3 is 9.84 Å². The molecular formula is C12H16ClNO3. The zero-order chi connectivity index (χ0) is 11.4. The van der Waals surface area contributed by atoms with Crippen LogP contribution in [-0.2, 0) is 11.3 Å². The van der Waals surface area contributed by atoms with Crippen molar-refractivity contribution in [1.29, 1.82) is 0 Å². The Morgan fingerprint density at radius 2 is 2.06 bits per heavy atom. The molecule has 5 heteroatoms.